The van der Waals surface area contributed by atoms with Crippen molar-refractivity contribution in [1.29, 1.82) is 0 Å². The molecule has 1 aliphatic rings. The maximum Gasteiger partial charge on any atom is 0.419 e. The molecule has 0 aromatic carbocycles. The lowest BCUT2D eigenvalue weighted by atomic mass is 9.99. The second-order valence-corrected chi connectivity index (χ2v) is 5.12. The van der Waals surface area contributed by atoms with Gasteiger partial charge in [0.15, 0.2) is 0 Å². The first-order chi connectivity index (χ1) is 9.52. The highest BCUT2D eigenvalue weighted by Gasteiger charge is 2.35. The molecule has 1 aromatic heterocycles. The quantitative estimate of drug-likeness (QED) is 0.923. The summed E-state index contributed by atoms with van der Waals surface area (Å²) in [5.74, 6) is 0.430. The van der Waals surface area contributed by atoms with Crippen molar-refractivity contribution in [1.82, 2.24) is 10.3 Å². The van der Waals surface area contributed by atoms with Gasteiger partial charge in [0.1, 0.15) is 5.82 Å². The number of aromatic nitrogens is 1. The molecule has 0 amide bonds. The summed E-state index contributed by atoms with van der Waals surface area (Å²) in [6.45, 7) is 4.87. The predicted octanol–water partition coefficient (Wildman–Crippen LogP) is 2.93. The van der Waals surface area contributed by atoms with E-state index in [2.05, 4.69) is 10.3 Å². The minimum absolute atomic E-state index is 0.0491. The van der Waals surface area contributed by atoms with E-state index >= 15 is 0 Å². The first-order valence-electron chi connectivity index (χ1n) is 7.00. The fourth-order valence-corrected chi connectivity index (χ4v) is 2.63. The SMILES string of the molecule is CCN(CC1CCCNC1)c1ncccc1C(F)(F)F. The molecule has 1 unspecified atom stereocenters. The average Bonchev–Trinajstić information content (AvgIpc) is 2.45. The molecule has 20 heavy (non-hydrogen) atoms. The van der Waals surface area contributed by atoms with Crippen LogP contribution in [-0.4, -0.2) is 31.2 Å². The third-order valence-corrected chi connectivity index (χ3v) is 3.65. The third kappa shape index (κ3) is 3.62. The van der Waals surface area contributed by atoms with Crippen molar-refractivity contribution in [2.24, 2.45) is 5.92 Å². The Kier molecular flexibility index (Phi) is 4.86. The predicted molar refractivity (Wildman–Crippen MR) is 72.7 cm³/mol. The second-order valence-electron chi connectivity index (χ2n) is 5.12. The molecule has 0 spiro atoms. The smallest absolute Gasteiger partial charge is 0.356 e. The number of anilines is 1. The number of alkyl halides is 3. The lowest BCUT2D eigenvalue weighted by molar-refractivity contribution is -0.137. The van der Waals surface area contributed by atoms with Crippen molar-refractivity contribution in [2.45, 2.75) is 25.9 Å². The van der Waals surface area contributed by atoms with E-state index in [1.807, 2.05) is 6.92 Å². The van der Waals surface area contributed by atoms with Gasteiger partial charge in [-0.05, 0) is 50.9 Å². The maximum absolute atomic E-state index is 13.0. The summed E-state index contributed by atoms with van der Waals surface area (Å²) in [7, 11) is 0. The van der Waals surface area contributed by atoms with Crippen molar-refractivity contribution in [3.8, 4) is 0 Å². The number of piperidine rings is 1. The van der Waals surface area contributed by atoms with E-state index in [1.54, 1.807) is 4.90 Å². The minimum Gasteiger partial charge on any atom is -0.356 e. The number of nitrogens with one attached hydrogen (secondary N) is 1. The van der Waals surface area contributed by atoms with Crippen LogP contribution in [0, 0.1) is 5.92 Å². The van der Waals surface area contributed by atoms with Crippen LogP contribution in [0.25, 0.3) is 0 Å². The average molecular weight is 287 g/mol. The minimum atomic E-state index is -4.36. The molecule has 6 heteroatoms. The lowest BCUT2D eigenvalue weighted by Crippen LogP contribution is -2.39. The van der Waals surface area contributed by atoms with Crippen LogP contribution in [0.2, 0.25) is 0 Å². The Morgan fingerprint density at radius 2 is 2.25 bits per heavy atom. The fraction of sp³-hybridized carbons (Fsp3) is 0.643. The standard InChI is InChI=1S/C14H20F3N3/c1-2-20(10-11-5-3-7-18-9-11)13-12(14(15,16)17)6-4-8-19-13/h4,6,8,11,18H,2-3,5,7,9-10H2,1H3. The van der Waals surface area contributed by atoms with Gasteiger partial charge in [0.05, 0.1) is 5.56 Å². The molecule has 0 bridgehead atoms. The Morgan fingerprint density at radius 3 is 2.85 bits per heavy atom. The molecule has 1 aromatic rings. The summed E-state index contributed by atoms with van der Waals surface area (Å²) in [5, 5.41) is 3.29. The van der Waals surface area contributed by atoms with Gasteiger partial charge in [-0.3, -0.25) is 0 Å². The first-order valence-corrected chi connectivity index (χ1v) is 7.00. The van der Waals surface area contributed by atoms with Gasteiger partial charge in [-0.2, -0.15) is 13.2 Å². The Bertz CT molecular complexity index is 428. The molecule has 0 radical (unpaired) electrons. The van der Waals surface area contributed by atoms with Crippen LogP contribution in [0.4, 0.5) is 19.0 Å². The summed E-state index contributed by atoms with van der Waals surface area (Å²) in [6.07, 6.45) is -0.803. The van der Waals surface area contributed by atoms with Crippen LogP contribution in [-0.2, 0) is 6.18 Å². The summed E-state index contributed by atoms with van der Waals surface area (Å²) in [4.78, 5) is 5.70. The van der Waals surface area contributed by atoms with Crippen LogP contribution in [0.1, 0.15) is 25.3 Å². The van der Waals surface area contributed by atoms with Gasteiger partial charge in [-0.15, -0.1) is 0 Å². The van der Waals surface area contributed by atoms with Crippen LogP contribution < -0.4 is 10.2 Å². The van der Waals surface area contributed by atoms with Crippen molar-refractivity contribution in [3.05, 3.63) is 23.9 Å². The summed E-state index contributed by atoms with van der Waals surface area (Å²) in [5.41, 5.74) is -0.648. The number of halogens is 3. The lowest BCUT2D eigenvalue weighted by Gasteiger charge is -2.31. The zero-order chi connectivity index (χ0) is 14.6. The van der Waals surface area contributed by atoms with Gasteiger partial charge in [0, 0.05) is 19.3 Å². The molecular weight excluding hydrogens is 267 g/mol. The highest BCUT2D eigenvalue weighted by Crippen LogP contribution is 2.35. The van der Waals surface area contributed by atoms with E-state index in [0.717, 1.165) is 32.0 Å². The van der Waals surface area contributed by atoms with E-state index < -0.39 is 11.7 Å². The van der Waals surface area contributed by atoms with E-state index in [0.29, 0.717) is 19.0 Å². The number of pyridine rings is 1. The van der Waals surface area contributed by atoms with Crippen molar-refractivity contribution in [2.75, 3.05) is 31.1 Å². The van der Waals surface area contributed by atoms with Gasteiger partial charge in [-0.1, -0.05) is 0 Å². The number of hydrogen-bond donors (Lipinski definition) is 1. The third-order valence-electron chi connectivity index (χ3n) is 3.65. The maximum atomic E-state index is 13.0. The zero-order valence-electron chi connectivity index (χ0n) is 11.6. The van der Waals surface area contributed by atoms with Gasteiger partial charge in [0.2, 0.25) is 0 Å². The summed E-state index contributed by atoms with van der Waals surface area (Å²) < 4.78 is 39.1. The molecule has 0 saturated carbocycles. The van der Waals surface area contributed by atoms with Gasteiger partial charge >= 0.3 is 6.18 Å². The van der Waals surface area contributed by atoms with E-state index in [4.69, 9.17) is 0 Å². The van der Waals surface area contributed by atoms with Crippen LogP contribution >= 0.6 is 0 Å². The fourth-order valence-electron chi connectivity index (χ4n) is 2.63. The number of hydrogen-bond acceptors (Lipinski definition) is 3. The summed E-state index contributed by atoms with van der Waals surface area (Å²) in [6, 6.07) is 2.44. The molecule has 1 N–H and O–H groups in total. The molecule has 2 heterocycles. The zero-order valence-corrected chi connectivity index (χ0v) is 11.6. The van der Waals surface area contributed by atoms with Crippen molar-refractivity contribution in [3.63, 3.8) is 0 Å². The van der Waals surface area contributed by atoms with Crippen molar-refractivity contribution < 1.29 is 13.2 Å². The molecule has 3 nitrogen and oxygen atoms in total. The van der Waals surface area contributed by atoms with E-state index in [9.17, 15) is 13.2 Å². The highest BCUT2D eigenvalue weighted by molar-refractivity contribution is 5.48. The Hall–Kier alpha value is -1.30. The summed E-state index contributed by atoms with van der Waals surface area (Å²) >= 11 is 0. The van der Waals surface area contributed by atoms with Gasteiger partial charge < -0.3 is 10.2 Å². The molecule has 2 rings (SSSR count). The van der Waals surface area contributed by atoms with E-state index in [-0.39, 0.29) is 5.82 Å². The number of rotatable bonds is 4. The van der Waals surface area contributed by atoms with Crippen molar-refractivity contribution >= 4 is 5.82 Å². The number of nitrogens with zero attached hydrogens (tertiary/aromatic N) is 2. The van der Waals surface area contributed by atoms with Crippen LogP contribution in [0.5, 0.6) is 0 Å². The molecule has 1 saturated heterocycles. The largest absolute Gasteiger partial charge is 0.419 e. The topological polar surface area (TPSA) is 28.2 Å². The Morgan fingerprint density at radius 1 is 1.45 bits per heavy atom. The molecular formula is C14H20F3N3. The van der Waals surface area contributed by atoms with Crippen LogP contribution in [0.15, 0.2) is 18.3 Å². The van der Waals surface area contributed by atoms with E-state index in [1.165, 1.54) is 12.3 Å². The monoisotopic (exact) mass is 287 g/mol. The first kappa shape index (κ1) is 15.1. The van der Waals surface area contributed by atoms with Gasteiger partial charge in [-0.25, -0.2) is 4.98 Å². The molecule has 1 fully saturated rings. The molecule has 112 valence electrons. The van der Waals surface area contributed by atoms with Gasteiger partial charge in [0.25, 0.3) is 0 Å². The normalized spacial score (nSPS) is 19.9. The molecule has 1 atom stereocenters. The Labute approximate surface area is 117 Å². The Balaban J connectivity index is 2.18. The molecule has 1 aliphatic heterocycles. The van der Waals surface area contributed by atoms with Crippen LogP contribution in [0.3, 0.4) is 0 Å². The second kappa shape index (κ2) is 6.43. The molecule has 0 aliphatic carbocycles. The highest BCUT2D eigenvalue weighted by atomic mass is 19.4.